The Morgan fingerprint density at radius 2 is 2.18 bits per heavy atom. The Labute approximate surface area is 131 Å². The summed E-state index contributed by atoms with van der Waals surface area (Å²) in [5, 5.41) is 5.98. The zero-order chi connectivity index (χ0) is 16.2. The smallest absolute Gasteiger partial charge is 0.270 e. The van der Waals surface area contributed by atoms with Crippen molar-refractivity contribution in [2.75, 3.05) is 23.4 Å². The van der Waals surface area contributed by atoms with Crippen LogP contribution >= 0.6 is 0 Å². The molecule has 22 heavy (non-hydrogen) atoms. The van der Waals surface area contributed by atoms with E-state index in [9.17, 15) is 13.2 Å². The van der Waals surface area contributed by atoms with Gasteiger partial charge in [-0.1, -0.05) is 13.8 Å². The van der Waals surface area contributed by atoms with Crippen molar-refractivity contribution in [3.63, 3.8) is 0 Å². The molecule has 2 N–H and O–H groups in total. The number of amides is 1. The number of anilines is 1. The number of pyridine rings is 1. The third-order valence-corrected chi connectivity index (χ3v) is 5.38. The lowest BCUT2D eigenvalue weighted by Crippen LogP contribution is -2.36. The highest BCUT2D eigenvalue weighted by Gasteiger charge is 2.29. The molecule has 6 nitrogen and oxygen atoms in total. The van der Waals surface area contributed by atoms with Gasteiger partial charge in [0.25, 0.3) is 5.91 Å². The molecule has 0 radical (unpaired) electrons. The third-order valence-electron chi connectivity index (χ3n) is 3.61. The maximum Gasteiger partial charge on any atom is 0.270 e. The standard InChI is InChI=1S/C15H23N3O3S/c1-11(2)5-7-16-12-3-4-14(17-9-12)15(19)18-13-6-8-22(20,21)10-13/h3-4,9,11,13,16H,5-8,10H2,1-2H3,(H,18,19). The van der Waals surface area contributed by atoms with Crippen molar-refractivity contribution in [2.45, 2.75) is 32.7 Å². The van der Waals surface area contributed by atoms with Gasteiger partial charge in [-0.05, 0) is 30.9 Å². The lowest BCUT2D eigenvalue weighted by Gasteiger charge is -2.11. The highest BCUT2D eigenvalue weighted by Crippen LogP contribution is 2.12. The third kappa shape index (κ3) is 4.98. The Morgan fingerprint density at radius 1 is 1.41 bits per heavy atom. The summed E-state index contributed by atoms with van der Waals surface area (Å²) in [4.78, 5) is 16.2. The van der Waals surface area contributed by atoms with E-state index >= 15 is 0 Å². The number of carbonyl (C=O) groups is 1. The van der Waals surface area contributed by atoms with Crippen molar-refractivity contribution in [1.29, 1.82) is 0 Å². The molecule has 0 aromatic carbocycles. The second kappa shape index (κ2) is 7.09. The van der Waals surface area contributed by atoms with Crippen LogP contribution in [0, 0.1) is 5.92 Å². The van der Waals surface area contributed by atoms with Crippen LogP contribution in [-0.2, 0) is 9.84 Å². The van der Waals surface area contributed by atoms with Crippen molar-refractivity contribution in [2.24, 2.45) is 5.92 Å². The molecule has 2 rings (SSSR count). The number of nitrogens with one attached hydrogen (secondary N) is 2. The van der Waals surface area contributed by atoms with Crippen LogP contribution in [0.15, 0.2) is 18.3 Å². The van der Waals surface area contributed by atoms with Gasteiger partial charge in [0, 0.05) is 12.6 Å². The first-order valence-corrected chi connectivity index (χ1v) is 9.39. The SMILES string of the molecule is CC(C)CCNc1ccc(C(=O)NC2CCS(=O)(=O)C2)nc1. The first kappa shape index (κ1) is 16.7. The predicted molar refractivity (Wildman–Crippen MR) is 86.7 cm³/mol. The average molecular weight is 325 g/mol. The molecule has 0 spiro atoms. The Bertz CT molecular complexity index is 611. The molecular weight excluding hydrogens is 302 g/mol. The van der Waals surface area contributed by atoms with Gasteiger partial charge in [0.15, 0.2) is 9.84 Å². The first-order valence-electron chi connectivity index (χ1n) is 7.57. The number of carbonyl (C=O) groups excluding carboxylic acids is 1. The molecule has 122 valence electrons. The number of hydrogen-bond donors (Lipinski definition) is 2. The van der Waals surface area contributed by atoms with E-state index in [1.165, 1.54) is 0 Å². The molecule has 7 heteroatoms. The summed E-state index contributed by atoms with van der Waals surface area (Å²) in [6.07, 6.45) is 3.17. The molecule has 0 bridgehead atoms. The summed E-state index contributed by atoms with van der Waals surface area (Å²) in [5.74, 6) is 0.474. The molecule has 1 fully saturated rings. The second-order valence-electron chi connectivity index (χ2n) is 6.11. The predicted octanol–water partition coefficient (Wildman–Crippen LogP) is 1.46. The van der Waals surface area contributed by atoms with Gasteiger partial charge in [-0.15, -0.1) is 0 Å². The van der Waals surface area contributed by atoms with E-state index in [2.05, 4.69) is 29.5 Å². The number of sulfone groups is 1. The summed E-state index contributed by atoms with van der Waals surface area (Å²) < 4.78 is 22.8. The maximum absolute atomic E-state index is 12.0. The van der Waals surface area contributed by atoms with Gasteiger partial charge in [0.2, 0.25) is 0 Å². The summed E-state index contributed by atoms with van der Waals surface area (Å²) in [7, 11) is -2.99. The Hall–Kier alpha value is -1.63. The van der Waals surface area contributed by atoms with Gasteiger partial charge in [0.1, 0.15) is 5.69 Å². The van der Waals surface area contributed by atoms with Crippen LogP contribution in [0.3, 0.4) is 0 Å². The topological polar surface area (TPSA) is 88.2 Å². The van der Waals surface area contributed by atoms with Gasteiger partial charge in [-0.2, -0.15) is 0 Å². The summed E-state index contributed by atoms with van der Waals surface area (Å²) in [5.41, 5.74) is 1.18. The fourth-order valence-corrected chi connectivity index (χ4v) is 3.98. The van der Waals surface area contributed by atoms with E-state index in [1.807, 2.05) is 6.07 Å². The maximum atomic E-state index is 12.0. The molecule has 0 saturated carbocycles. The van der Waals surface area contributed by atoms with Crippen molar-refractivity contribution in [3.05, 3.63) is 24.0 Å². The fourth-order valence-electron chi connectivity index (χ4n) is 2.31. The van der Waals surface area contributed by atoms with E-state index in [0.29, 0.717) is 18.0 Å². The van der Waals surface area contributed by atoms with E-state index in [1.54, 1.807) is 12.3 Å². The molecule has 1 aliphatic heterocycles. The van der Waals surface area contributed by atoms with Gasteiger partial charge in [0.05, 0.1) is 23.4 Å². The van der Waals surface area contributed by atoms with Crippen LogP contribution in [0.25, 0.3) is 0 Å². The summed E-state index contributed by atoms with van der Waals surface area (Å²) in [6.45, 7) is 5.19. The Morgan fingerprint density at radius 3 is 2.73 bits per heavy atom. The highest BCUT2D eigenvalue weighted by atomic mass is 32.2. The molecule has 1 amide bonds. The minimum atomic E-state index is -2.99. The monoisotopic (exact) mass is 325 g/mol. The Kier molecular flexibility index (Phi) is 5.39. The van der Waals surface area contributed by atoms with Crippen molar-refractivity contribution >= 4 is 21.4 Å². The summed E-state index contributed by atoms with van der Waals surface area (Å²) in [6, 6.07) is 3.16. The molecule has 1 aromatic heterocycles. The lowest BCUT2D eigenvalue weighted by molar-refractivity contribution is 0.0936. The van der Waals surface area contributed by atoms with Crippen LogP contribution in [0.1, 0.15) is 37.2 Å². The molecule has 1 aromatic rings. The zero-order valence-electron chi connectivity index (χ0n) is 13.0. The molecule has 1 unspecified atom stereocenters. The minimum Gasteiger partial charge on any atom is -0.384 e. The normalized spacial score (nSPS) is 20.0. The van der Waals surface area contributed by atoms with E-state index in [0.717, 1.165) is 18.7 Å². The number of rotatable bonds is 6. The van der Waals surface area contributed by atoms with Crippen LogP contribution in [0.2, 0.25) is 0 Å². The average Bonchev–Trinajstić information content (AvgIpc) is 2.78. The van der Waals surface area contributed by atoms with Crippen molar-refractivity contribution < 1.29 is 13.2 Å². The van der Waals surface area contributed by atoms with Gasteiger partial charge in [-0.25, -0.2) is 13.4 Å². The lowest BCUT2D eigenvalue weighted by atomic mass is 10.1. The minimum absolute atomic E-state index is 0.0214. The fraction of sp³-hybridized carbons (Fsp3) is 0.600. The van der Waals surface area contributed by atoms with Gasteiger partial charge in [-0.3, -0.25) is 4.79 Å². The number of hydrogen-bond acceptors (Lipinski definition) is 5. The van der Waals surface area contributed by atoms with Crippen LogP contribution in [0.5, 0.6) is 0 Å². The molecule has 2 heterocycles. The first-order chi connectivity index (χ1) is 10.4. The molecule has 1 saturated heterocycles. The zero-order valence-corrected chi connectivity index (χ0v) is 13.8. The molecule has 1 aliphatic rings. The van der Waals surface area contributed by atoms with Crippen molar-refractivity contribution in [1.82, 2.24) is 10.3 Å². The molecular formula is C15H23N3O3S. The van der Waals surface area contributed by atoms with E-state index in [-0.39, 0.29) is 23.5 Å². The number of nitrogens with zero attached hydrogens (tertiary/aromatic N) is 1. The van der Waals surface area contributed by atoms with E-state index in [4.69, 9.17) is 0 Å². The van der Waals surface area contributed by atoms with E-state index < -0.39 is 9.84 Å². The van der Waals surface area contributed by atoms with Crippen LogP contribution in [0.4, 0.5) is 5.69 Å². The molecule has 1 atom stereocenters. The Balaban J connectivity index is 1.86. The highest BCUT2D eigenvalue weighted by molar-refractivity contribution is 7.91. The van der Waals surface area contributed by atoms with Crippen LogP contribution in [-0.4, -0.2) is 43.4 Å². The van der Waals surface area contributed by atoms with Crippen molar-refractivity contribution in [3.8, 4) is 0 Å². The number of aromatic nitrogens is 1. The summed E-state index contributed by atoms with van der Waals surface area (Å²) >= 11 is 0. The van der Waals surface area contributed by atoms with Crippen LogP contribution < -0.4 is 10.6 Å². The van der Waals surface area contributed by atoms with Gasteiger partial charge >= 0.3 is 0 Å². The second-order valence-corrected chi connectivity index (χ2v) is 8.34. The quantitative estimate of drug-likeness (QED) is 0.826. The largest absolute Gasteiger partial charge is 0.384 e. The van der Waals surface area contributed by atoms with Gasteiger partial charge < -0.3 is 10.6 Å². The molecule has 0 aliphatic carbocycles.